The van der Waals surface area contributed by atoms with Crippen LogP contribution in [0.4, 0.5) is 0 Å². The van der Waals surface area contributed by atoms with E-state index in [1.54, 1.807) is 37.3 Å². The van der Waals surface area contributed by atoms with Crippen molar-refractivity contribution in [1.82, 2.24) is 4.90 Å². The number of carbonyl (C=O) groups is 1. The highest BCUT2D eigenvalue weighted by molar-refractivity contribution is 5.94. The van der Waals surface area contributed by atoms with Crippen LogP contribution in [0.25, 0.3) is 0 Å². The first-order valence-electron chi connectivity index (χ1n) is 8.57. The number of carbonyl (C=O) groups excluding carboxylic acids is 1. The van der Waals surface area contributed by atoms with E-state index in [1.807, 2.05) is 31.2 Å². The fraction of sp³-hybridized carbons (Fsp3) is 0.350. The SMILES string of the molecule is CCOc1ccc(C(=O)N(C)CC2COc3ccccc3O2)cc1OC. The minimum atomic E-state index is -0.219. The van der Waals surface area contributed by atoms with Crippen molar-refractivity contribution in [2.24, 2.45) is 0 Å². The van der Waals surface area contributed by atoms with Crippen LogP contribution in [0.3, 0.4) is 0 Å². The number of nitrogens with zero attached hydrogens (tertiary/aromatic N) is 1. The lowest BCUT2D eigenvalue weighted by molar-refractivity contribution is 0.0520. The van der Waals surface area contributed by atoms with Crippen molar-refractivity contribution < 1.29 is 23.7 Å². The van der Waals surface area contributed by atoms with Crippen LogP contribution in [-0.2, 0) is 0 Å². The molecule has 2 aromatic carbocycles. The van der Waals surface area contributed by atoms with Gasteiger partial charge in [-0.3, -0.25) is 4.79 Å². The normalized spacial score (nSPS) is 15.3. The Labute approximate surface area is 153 Å². The maximum Gasteiger partial charge on any atom is 0.253 e. The van der Waals surface area contributed by atoms with E-state index < -0.39 is 0 Å². The quantitative estimate of drug-likeness (QED) is 0.795. The summed E-state index contributed by atoms with van der Waals surface area (Å²) in [5, 5.41) is 0. The highest BCUT2D eigenvalue weighted by atomic mass is 16.6. The zero-order chi connectivity index (χ0) is 18.5. The van der Waals surface area contributed by atoms with E-state index in [9.17, 15) is 4.79 Å². The Bertz CT molecular complexity index is 777. The van der Waals surface area contributed by atoms with Crippen LogP contribution < -0.4 is 18.9 Å². The van der Waals surface area contributed by atoms with Crippen molar-refractivity contribution >= 4 is 5.91 Å². The van der Waals surface area contributed by atoms with Crippen molar-refractivity contribution in [3.8, 4) is 23.0 Å². The molecule has 0 saturated carbocycles. The number of hydrogen-bond donors (Lipinski definition) is 0. The summed E-state index contributed by atoms with van der Waals surface area (Å²) in [6.07, 6.45) is -0.219. The van der Waals surface area contributed by atoms with Crippen LogP contribution in [-0.4, -0.2) is 50.8 Å². The minimum Gasteiger partial charge on any atom is -0.493 e. The summed E-state index contributed by atoms with van der Waals surface area (Å²) in [5.41, 5.74) is 0.532. The van der Waals surface area contributed by atoms with Gasteiger partial charge < -0.3 is 23.8 Å². The zero-order valence-corrected chi connectivity index (χ0v) is 15.2. The summed E-state index contributed by atoms with van der Waals surface area (Å²) < 4.78 is 22.4. The molecule has 0 N–H and O–H groups in total. The van der Waals surface area contributed by atoms with Gasteiger partial charge in [-0.1, -0.05) is 12.1 Å². The van der Waals surface area contributed by atoms with Gasteiger partial charge in [-0.25, -0.2) is 0 Å². The third kappa shape index (κ3) is 3.85. The van der Waals surface area contributed by atoms with E-state index in [-0.39, 0.29) is 12.0 Å². The molecule has 0 fully saturated rings. The first-order chi connectivity index (χ1) is 12.6. The van der Waals surface area contributed by atoms with Gasteiger partial charge in [0.25, 0.3) is 5.91 Å². The lowest BCUT2D eigenvalue weighted by Gasteiger charge is -2.29. The van der Waals surface area contributed by atoms with Crippen molar-refractivity contribution in [3.63, 3.8) is 0 Å². The molecule has 1 heterocycles. The molecular weight excluding hydrogens is 334 g/mol. The maximum absolute atomic E-state index is 12.7. The van der Waals surface area contributed by atoms with E-state index in [1.165, 1.54) is 0 Å². The molecule has 1 atom stereocenters. The summed E-state index contributed by atoms with van der Waals surface area (Å²) in [5.74, 6) is 2.47. The van der Waals surface area contributed by atoms with E-state index in [2.05, 4.69) is 0 Å². The Morgan fingerprint density at radius 2 is 1.96 bits per heavy atom. The first kappa shape index (κ1) is 17.9. The Hall–Kier alpha value is -2.89. The average Bonchev–Trinajstić information content (AvgIpc) is 2.67. The van der Waals surface area contributed by atoms with Gasteiger partial charge in [-0.2, -0.15) is 0 Å². The van der Waals surface area contributed by atoms with E-state index in [0.717, 1.165) is 5.75 Å². The maximum atomic E-state index is 12.7. The van der Waals surface area contributed by atoms with Crippen LogP contribution in [0.5, 0.6) is 23.0 Å². The lowest BCUT2D eigenvalue weighted by Crippen LogP contribution is -2.41. The second-order valence-corrected chi connectivity index (χ2v) is 5.98. The van der Waals surface area contributed by atoms with Crippen LogP contribution >= 0.6 is 0 Å². The van der Waals surface area contributed by atoms with Gasteiger partial charge in [-0.05, 0) is 37.3 Å². The van der Waals surface area contributed by atoms with Gasteiger partial charge in [0.05, 0.1) is 20.3 Å². The monoisotopic (exact) mass is 357 g/mol. The third-order valence-corrected chi connectivity index (χ3v) is 4.10. The fourth-order valence-corrected chi connectivity index (χ4v) is 2.84. The molecule has 0 radical (unpaired) electrons. The molecule has 0 saturated heterocycles. The molecule has 3 rings (SSSR count). The smallest absolute Gasteiger partial charge is 0.253 e. The predicted octanol–water partition coefficient (Wildman–Crippen LogP) is 3.01. The van der Waals surface area contributed by atoms with Gasteiger partial charge >= 0.3 is 0 Å². The Kier molecular flexibility index (Phi) is 5.51. The molecule has 26 heavy (non-hydrogen) atoms. The third-order valence-electron chi connectivity index (χ3n) is 4.10. The molecule has 138 valence electrons. The summed E-state index contributed by atoms with van der Waals surface area (Å²) in [6, 6.07) is 12.7. The van der Waals surface area contributed by atoms with E-state index in [0.29, 0.717) is 42.6 Å². The highest BCUT2D eigenvalue weighted by Gasteiger charge is 2.24. The fourth-order valence-electron chi connectivity index (χ4n) is 2.84. The van der Waals surface area contributed by atoms with Crippen molar-refractivity contribution in [2.75, 3.05) is 33.9 Å². The molecule has 2 aromatic rings. The Morgan fingerprint density at radius 3 is 2.69 bits per heavy atom. The number of para-hydroxylation sites is 2. The number of fused-ring (bicyclic) bond motifs is 1. The molecule has 0 spiro atoms. The number of methoxy groups -OCH3 is 1. The van der Waals surface area contributed by atoms with Gasteiger partial charge in [0.15, 0.2) is 29.1 Å². The Balaban J connectivity index is 1.67. The largest absolute Gasteiger partial charge is 0.493 e. The zero-order valence-electron chi connectivity index (χ0n) is 15.2. The van der Waals surface area contributed by atoms with Crippen molar-refractivity contribution in [2.45, 2.75) is 13.0 Å². The Morgan fingerprint density at radius 1 is 1.19 bits per heavy atom. The van der Waals surface area contributed by atoms with E-state index >= 15 is 0 Å². The molecule has 0 aliphatic carbocycles. The second-order valence-electron chi connectivity index (χ2n) is 5.98. The molecule has 1 amide bonds. The summed E-state index contributed by atoms with van der Waals surface area (Å²) in [6.45, 7) is 3.25. The first-order valence-corrected chi connectivity index (χ1v) is 8.57. The number of hydrogen-bond acceptors (Lipinski definition) is 5. The van der Waals surface area contributed by atoms with E-state index in [4.69, 9.17) is 18.9 Å². The van der Waals surface area contributed by atoms with Crippen LogP contribution in [0.2, 0.25) is 0 Å². The van der Waals surface area contributed by atoms with Gasteiger partial charge in [-0.15, -0.1) is 0 Å². The summed E-state index contributed by atoms with van der Waals surface area (Å²) in [7, 11) is 3.30. The number of likely N-dealkylation sites (N-methyl/N-ethyl adjacent to an activating group) is 1. The number of benzene rings is 2. The van der Waals surface area contributed by atoms with Crippen LogP contribution in [0.1, 0.15) is 17.3 Å². The predicted molar refractivity (Wildman–Crippen MR) is 97.5 cm³/mol. The van der Waals surface area contributed by atoms with Gasteiger partial charge in [0, 0.05) is 12.6 Å². The molecule has 1 unspecified atom stereocenters. The number of ether oxygens (including phenoxy) is 4. The minimum absolute atomic E-state index is 0.117. The molecule has 1 aliphatic rings. The second kappa shape index (κ2) is 7.99. The van der Waals surface area contributed by atoms with Gasteiger partial charge in [0.1, 0.15) is 6.61 Å². The molecule has 1 aliphatic heterocycles. The standard InChI is InChI=1S/C20H23NO5/c1-4-24-17-10-9-14(11-19(17)23-3)20(22)21(2)12-15-13-25-16-7-5-6-8-18(16)26-15/h5-11,15H,4,12-13H2,1-3H3. The summed E-state index contributed by atoms with van der Waals surface area (Å²) in [4.78, 5) is 14.4. The molecular formula is C20H23NO5. The highest BCUT2D eigenvalue weighted by Crippen LogP contribution is 2.31. The van der Waals surface area contributed by atoms with Crippen LogP contribution in [0.15, 0.2) is 42.5 Å². The molecule has 0 bridgehead atoms. The topological polar surface area (TPSA) is 57.2 Å². The number of rotatable bonds is 6. The van der Waals surface area contributed by atoms with Crippen LogP contribution in [0, 0.1) is 0 Å². The molecule has 6 nitrogen and oxygen atoms in total. The number of amides is 1. The van der Waals surface area contributed by atoms with Crippen molar-refractivity contribution in [1.29, 1.82) is 0 Å². The summed E-state index contributed by atoms with van der Waals surface area (Å²) >= 11 is 0. The lowest BCUT2D eigenvalue weighted by atomic mass is 10.1. The molecule has 6 heteroatoms. The van der Waals surface area contributed by atoms with Crippen molar-refractivity contribution in [3.05, 3.63) is 48.0 Å². The van der Waals surface area contributed by atoms with Gasteiger partial charge in [0.2, 0.25) is 0 Å². The average molecular weight is 357 g/mol. The molecule has 0 aromatic heterocycles.